The Hall–Kier alpha value is -3.48. The number of pyridine rings is 2. The number of nitrogens with one attached hydrogen (secondary N) is 3. The minimum Gasteiger partial charge on any atom is -0.494 e. The average Bonchev–Trinajstić information content (AvgIpc) is 2.96. The molecule has 3 rings (SSSR count). The zero-order valence-corrected chi connectivity index (χ0v) is 15.8. The maximum Gasteiger partial charge on any atom is 0.198 e. The van der Waals surface area contributed by atoms with Gasteiger partial charge in [0.15, 0.2) is 5.88 Å². The van der Waals surface area contributed by atoms with E-state index in [1.807, 2.05) is 26.0 Å². The molecule has 7 nitrogen and oxygen atoms in total. The maximum absolute atomic E-state index is 10.4. The molecule has 0 radical (unpaired) electrons. The van der Waals surface area contributed by atoms with Gasteiger partial charge < -0.3 is 15.4 Å². The fraction of sp³-hybridized carbons (Fsp3) is 0.200. The van der Waals surface area contributed by atoms with Gasteiger partial charge in [-0.2, -0.15) is 0 Å². The van der Waals surface area contributed by atoms with Crippen molar-refractivity contribution < 1.29 is 5.11 Å². The van der Waals surface area contributed by atoms with Gasteiger partial charge in [-0.3, -0.25) is 15.4 Å². The number of hydrogen-bond acceptors (Lipinski definition) is 5. The lowest BCUT2D eigenvalue weighted by atomic mass is 10.0. The second-order valence-corrected chi connectivity index (χ2v) is 6.31. The SMILES string of the molecule is CN/C(C)=C\C(=N)N=C(C)c1c(O)[nH]c2cnc(-c3cnccc3C)cc12. The average molecular weight is 362 g/mol. The summed E-state index contributed by atoms with van der Waals surface area (Å²) in [6.45, 7) is 5.63. The first kappa shape index (κ1) is 18.3. The third-order valence-corrected chi connectivity index (χ3v) is 4.38. The van der Waals surface area contributed by atoms with E-state index in [0.717, 1.165) is 27.9 Å². The largest absolute Gasteiger partial charge is 0.494 e. The lowest BCUT2D eigenvalue weighted by Gasteiger charge is -2.05. The van der Waals surface area contributed by atoms with Crippen LogP contribution < -0.4 is 5.32 Å². The number of nitrogens with zero attached hydrogens (tertiary/aromatic N) is 3. The molecule has 27 heavy (non-hydrogen) atoms. The summed E-state index contributed by atoms with van der Waals surface area (Å²) in [5.74, 6) is 0.112. The Labute approximate surface area is 157 Å². The molecule has 0 amide bonds. The summed E-state index contributed by atoms with van der Waals surface area (Å²) in [7, 11) is 1.79. The first-order valence-corrected chi connectivity index (χ1v) is 8.52. The molecule has 0 unspecified atom stereocenters. The van der Waals surface area contributed by atoms with Crippen molar-refractivity contribution in [2.75, 3.05) is 7.05 Å². The number of aromatic nitrogens is 3. The molecular formula is C20H22N6O. The topological polar surface area (TPSA) is 110 Å². The third-order valence-electron chi connectivity index (χ3n) is 4.38. The normalized spacial score (nSPS) is 12.4. The molecule has 0 aliphatic heterocycles. The van der Waals surface area contributed by atoms with Crippen molar-refractivity contribution in [3.63, 3.8) is 0 Å². The van der Waals surface area contributed by atoms with Gasteiger partial charge in [0.1, 0.15) is 5.84 Å². The molecule has 7 heteroatoms. The van der Waals surface area contributed by atoms with Gasteiger partial charge in [0, 0.05) is 42.2 Å². The van der Waals surface area contributed by atoms with E-state index in [1.54, 1.807) is 38.6 Å². The van der Waals surface area contributed by atoms with Crippen LogP contribution in [0, 0.1) is 12.3 Å². The highest BCUT2D eigenvalue weighted by Crippen LogP contribution is 2.31. The van der Waals surface area contributed by atoms with E-state index >= 15 is 0 Å². The van der Waals surface area contributed by atoms with Crippen LogP contribution in [-0.4, -0.2) is 38.7 Å². The molecule has 3 aromatic rings. The number of allylic oxidation sites excluding steroid dienone is 1. The number of aryl methyl sites for hydroxylation is 1. The smallest absolute Gasteiger partial charge is 0.198 e. The Morgan fingerprint density at radius 3 is 2.81 bits per heavy atom. The Morgan fingerprint density at radius 2 is 2.11 bits per heavy atom. The highest BCUT2D eigenvalue weighted by Gasteiger charge is 2.16. The fourth-order valence-electron chi connectivity index (χ4n) is 2.87. The number of rotatable bonds is 4. The maximum atomic E-state index is 10.4. The van der Waals surface area contributed by atoms with Gasteiger partial charge in [-0.1, -0.05) is 0 Å². The van der Waals surface area contributed by atoms with Crippen LogP contribution in [0.3, 0.4) is 0 Å². The first-order valence-electron chi connectivity index (χ1n) is 8.52. The predicted octanol–water partition coefficient (Wildman–Crippen LogP) is 3.55. The Kier molecular flexibility index (Phi) is 5.03. The van der Waals surface area contributed by atoms with Crippen LogP contribution in [0.4, 0.5) is 0 Å². The molecule has 4 N–H and O–H groups in total. The fourth-order valence-corrected chi connectivity index (χ4v) is 2.87. The highest BCUT2D eigenvalue weighted by molar-refractivity contribution is 6.16. The number of aromatic amines is 1. The minimum absolute atomic E-state index is 0.00947. The molecule has 0 aliphatic carbocycles. The first-order chi connectivity index (χ1) is 12.9. The summed E-state index contributed by atoms with van der Waals surface area (Å²) in [4.78, 5) is 15.9. The van der Waals surface area contributed by atoms with Gasteiger partial charge in [-0.25, -0.2) is 4.99 Å². The molecule has 0 atom stereocenters. The predicted molar refractivity (Wildman–Crippen MR) is 108 cm³/mol. The third kappa shape index (κ3) is 3.72. The monoisotopic (exact) mass is 362 g/mol. The lowest BCUT2D eigenvalue weighted by molar-refractivity contribution is 0.457. The molecule has 0 aromatic carbocycles. The van der Waals surface area contributed by atoms with Crippen LogP contribution in [0.15, 0.2) is 47.5 Å². The van der Waals surface area contributed by atoms with Crippen molar-refractivity contribution >= 4 is 22.5 Å². The van der Waals surface area contributed by atoms with Gasteiger partial charge in [0.05, 0.1) is 28.7 Å². The summed E-state index contributed by atoms with van der Waals surface area (Å²) in [6, 6.07) is 3.84. The van der Waals surface area contributed by atoms with Crippen LogP contribution in [0.1, 0.15) is 25.0 Å². The Morgan fingerprint density at radius 1 is 1.33 bits per heavy atom. The van der Waals surface area contributed by atoms with Crippen molar-refractivity contribution in [3.8, 4) is 17.1 Å². The van der Waals surface area contributed by atoms with E-state index in [9.17, 15) is 5.11 Å². The van der Waals surface area contributed by atoms with E-state index in [4.69, 9.17) is 5.41 Å². The van der Waals surface area contributed by atoms with E-state index in [-0.39, 0.29) is 11.7 Å². The van der Waals surface area contributed by atoms with Gasteiger partial charge in [0.2, 0.25) is 0 Å². The van der Waals surface area contributed by atoms with Crippen molar-refractivity contribution in [1.82, 2.24) is 20.3 Å². The molecule has 3 aromatic heterocycles. The number of aliphatic imine (C=N–C) groups is 1. The molecule has 0 saturated carbocycles. The van der Waals surface area contributed by atoms with Crippen LogP contribution >= 0.6 is 0 Å². The van der Waals surface area contributed by atoms with Gasteiger partial charge in [-0.15, -0.1) is 0 Å². The van der Waals surface area contributed by atoms with Crippen LogP contribution in [0.5, 0.6) is 5.88 Å². The molecule has 0 spiro atoms. The van der Waals surface area contributed by atoms with Crippen LogP contribution in [-0.2, 0) is 0 Å². The number of hydrogen-bond donors (Lipinski definition) is 4. The van der Waals surface area contributed by atoms with Crippen molar-refractivity contribution in [2.24, 2.45) is 4.99 Å². The summed E-state index contributed by atoms with van der Waals surface area (Å²) in [5.41, 5.74) is 5.41. The Balaban J connectivity index is 2.11. The van der Waals surface area contributed by atoms with E-state index in [1.165, 1.54) is 0 Å². The number of H-pyrrole nitrogens is 1. The molecule has 138 valence electrons. The second kappa shape index (κ2) is 7.41. The van der Waals surface area contributed by atoms with Crippen molar-refractivity contribution in [1.29, 1.82) is 5.41 Å². The summed E-state index contributed by atoms with van der Waals surface area (Å²) < 4.78 is 0. The zero-order valence-electron chi connectivity index (χ0n) is 15.8. The molecule has 0 saturated heterocycles. The summed E-state index contributed by atoms with van der Waals surface area (Å²) in [6.07, 6.45) is 6.83. The van der Waals surface area contributed by atoms with Gasteiger partial charge in [0.25, 0.3) is 0 Å². The molecule has 3 heterocycles. The molecular weight excluding hydrogens is 340 g/mol. The van der Waals surface area contributed by atoms with Crippen molar-refractivity contribution in [2.45, 2.75) is 20.8 Å². The summed E-state index contributed by atoms with van der Waals surface area (Å²) >= 11 is 0. The number of aromatic hydroxyl groups is 1. The van der Waals surface area contributed by atoms with Crippen molar-refractivity contribution in [3.05, 3.63) is 53.6 Å². The summed E-state index contributed by atoms with van der Waals surface area (Å²) in [5, 5.41) is 22.2. The standard InChI is InChI=1S/C20H22N6O/c1-11-5-6-23-9-15(11)16-8-14-17(10-24-16)26-20(27)19(14)13(3)25-18(21)7-12(2)22-4/h5-10,21-22,26-27H,1-4H3/b12-7-,21-18?,25-13?. The van der Waals surface area contributed by atoms with Crippen LogP contribution in [0.25, 0.3) is 22.2 Å². The molecule has 0 aliphatic rings. The van der Waals surface area contributed by atoms with Gasteiger partial charge >= 0.3 is 0 Å². The van der Waals surface area contributed by atoms with E-state index in [2.05, 4.69) is 25.3 Å². The second-order valence-electron chi connectivity index (χ2n) is 6.31. The molecule has 0 fully saturated rings. The highest BCUT2D eigenvalue weighted by atomic mass is 16.3. The number of amidine groups is 1. The minimum atomic E-state index is 0.00947. The quantitative estimate of drug-likeness (QED) is 0.420. The van der Waals surface area contributed by atoms with Gasteiger partial charge in [-0.05, 0) is 38.5 Å². The Bertz CT molecular complexity index is 1080. The lowest BCUT2D eigenvalue weighted by Crippen LogP contribution is -2.05. The molecule has 0 bridgehead atoms. The zero-order chi connectivity index (χ0) is 19.6. The van der Waals surface area contributed by atoms with E-state index < -0.39 is 0 Å². The number of fused-ring (bicyclic) bond motifs is 1. The van der Waals surface area contributed by atoms with Crippen LogP contribution in [0.2, 0.25) is 0 Å². The van der Waals surface area contributed by atoms with E-state index in [0.29, 0.717) is 16.8 Å².